The molecule has 0 aliphatic carbocycles. The molecule has 1 saturated heterocycles. The molecule has 1 aliphatic heterocycles. The van der Waals surface area contributed by atoms with Crippen LogP contribution in [0.1, 0.15) is 5.56 Å². The van der Waals surface area contributed by atoms with Gasteiger partial charge in [-0.1, -0.05) is 59.8 Å². The highest BCUT2D eigenvalue weighted by atomic mass is 35.5. The van der Waals surface area contributed by atoms with Crippen LogP contribution in [-0.2, 0) is 4.79 Å². The summed E-state index contributed by atoms with van der Waals surface area (Å²) in [6.45, 7) is 0. The number of carbonyl (C=O) groups is 1. The van der Waals surface area contributed by atoms with Gasteiger partial charge in [-0.2, -0.15) is 0 Å². The normalized spacial score (nSPS) is 16.0. The number of hydrogen-bond acceptors (Lipinski definition) is 5. The van der Waals surface area contributed by atoms with Crippen LogP contribution in [0.4, 0.5) is 11.4 Å². The number of halogens is 1. The Morgan fingerprint density at radius 3 is 2.67 bits per heavy atom. The van der Waals surface area contributed by atoms with Crippen molar-refractivity contribution in [3.05, 3.63) is 74.1 Å². The van der Waals surface area contributed by atoms with Crippen LogP contribution in [0.5, 0.6) is 0 Å². The summed E-state index contributed by atoms with van der Waals surface area (Å²) in [6, 6.07) is 13.0. The second-order valence-electron chi connectivity index (χ2n) is 4.82. The van der Waals surface area contributed by atoms with E-state index in [-0.39, 0.29) is 11.6 Å². The van der Waals surface area contributed by atoms with E-state index in [1.807, 2.05) is 6.07 Å². The molecule has 2 aromatic rings. The van der Waals surface area contributed by atoms with Gasteiger partial charge in [0.15, 0.2) is 4.32 Å². The molecule has 1 aliphatic rings. The van der Waals surface area contributed by atoms with Crippen molar-refractivity contribution < 1.29 is 9.72 Å². The van der Waals surface area contributed by atoms with Gasteiger partial charge in [-0.25, -0.2) is 0 Å². The van der Waals surface area contributed by atoms with Crippen LogP contribution in [0.3, 0.4) is 0 Å². The fourth-order valence-electron chi connectivity index (χ4n) is 2.17. The molecule has 0 spiro atoms. The van der Waals surface area contributed by atoms with E-state index in [9.17, 15) is 14.9 Å². The molecular formula is C16H9ClN2O3S2. The van der Waals surface area contributed by atoms with E-state index in [2.05, 4.69) is 0 Å². The number of thiocarbonyl (C=S) groups is 1. The number of thioether (sulfide) groups is 1. The molecule has 0 unspecified atom stereocenters. The van der Waals surface area contributed by atoms with Crippen LogP contribution < -0.4 is 4.90 Å². The van der Waals surface area contributed by atoms with E-state index in [1.54, 1.807) is 30.3 Å². The van der Waals surface area contributed by atoms with E-state index < -0.39 is 4.92 Å². The number of rotatable bonds is 3. The van der Waals surface area contributed by atoms with Crippen LogP contribution in [0.2, 0.25) is 5.02 Å². The quantitative estimate of drug-likeness (QED) is 0.337. The largest absolute Gasteiger partial charge is 0.271 e. The first-order valence-electron chi connectivity index (χ1n) is 6.74. The highest BCUT2D eigenvalue weighted by Gasteiger charge is 2.34. The van der Waals surface area contributed by atoms with Crippen molar-refractivity contribution in [2.45, 2.75) is 0 Å². The van der Waals surface area contributed by atoms with Gasteiger partial charge in [0.2, 0.25) is 0 Å². The lowest BCUT2D eigenvalue weighted by molar-refractivity contribution is -0.384. The highest BCUT2D eigenvalue weighted by Crippen LogP contribution is 2.37. The molecule has 120 valence electrons. The Morgan fingerprint density at radius 2 is 1.96 bits per heavy atom. The van der Waals surface area contributed by atoms with E-state index in [4.69, 9.17) is 23.8 Å². The van der Waals surface area contributed by atoms with E-state index in [1.165, 1.54) is 23.1 Å². The first-order valence-corrected chi connectivity index (χ1v) is 8.34. The topological polar surface area (TPSA) is 63.5 Å². The van der Waals surface area contributed by atoms with Crippen LogP contribution >= 0.6 is 35.6 Å². The summed E-state index contributed by atoms with van der Waals surface area (Å²) in [5.74, 6) is -0.328. The molecule has 0 N–H and O–H groups in total. The predicted octanol–water partition coefficient (Wildman–Crippen LogP) is 4.65. The van der Waals surface area contributed by atoms with Gasteiger partial charge in [0.1, 0.15) is 0 Å². The number of hydrogen-bond donors (Lipinski definition) is 0. The fourth-order valence-corrected chi connectivity index (χ4v) is 3.65. The number of nitrogens with zero attached hydrogens (tertiary/aromatic N) is 2. The standard InChI is InChI=1S/C16H9ClN2O3S2/c17-13-7-2-1-4-10(13)8-14-15(20)18(16(23)24-14)11-5-3-6-12(9-11)19(21)22/h1-9H/b14-8-. The minimum absolute atomic E-state index is 0.100. The molecule has 1 fully saturated rings. The Bertz CT molecular complexity index is 898. The molecule has 5 nitrogen and oxygen atoms in total. The van der Waals surface area contributed by atoms with E-state index in [0.29, 0.717) is 25.5 Å². The van der Waals surface area contributed by atoms with Crippen molar-refractivity contribution in [3.63, 3.8) is 0 Å². The number of nitro benzene ring substituents is 1. The smallest absolute Gasteiger partial charge is 0.268 e. The number of nitro groups is 1. The number of amides is 1. The lowest BCUT2D eigenvalue weighted by Gasteiger charge is -2.13. The van der Waals surface area contributed by atoms with E-state index >= 15 is 0 Å². The third kappa shape index (κ3) is 3.19. The van der Waals surface area contributed by atoms with Gasteiger partial charge >= 0.3 is 0 Å². The predicted molar refractivity (Wildman–Crippen MR) is 100 cm³/mol. The Kier molecular flexibility index (Phi) is 4.66. The third-order valence-corrected chi connectivity index (χ3v) is 4.93. The molecule has 0 aromatic heterocycles. The average molecular weight is 377 g/mol. The van der Waals surface area contributed by atoms with Crippen molar-refractivity contribution >= 4 is 63.3 Å². The Labute approximate surface area is 152 Å². The van der Waals surface area contributed by atoms with Gasteiger partial charge in [0.25, 0.3) is 11.6 Å². The second kappa shape index (κ2) is 6.72. The fraction of sp³-hybridized carbons (Fsp3) is 0. The highest BCUT2D eigenvalue weighted by molar-refractivity contribution is 8.27. The van der Waals surface area contributed by atoms with Crippen LogP contribution in [0.15, 0.2) is 53.4 Å². The second-order valence-corrected chi connectivity index (χ2v) is 6.90. The summed E-state index contributed by atoms with van der Waals surface area (Å²) < 4.78 is 0.318. The maximum Gasteiger partial charge on any atom is 0.271 e. The Balaban J connectivity index is 1.97. The summed E-state index contributed by atoms with van der Waals surface area (Å²) in [4.78, 5) is 24.8. The summed E-state index contributed by atoms with van der Waals surface area (Å²) in [7, 11) is 0. The minimum atomic E-state index is -0.513. The molecule has 3 rings (SSSR count). The summed E-state index contributed by atoms with van der Waals surface area (Å²) in [5.41, 5.74) is 0.976. The van der Waals surface area contributed by atoms with Crippen molar-refractivity contribution in [1.29, 1.82) is 0 Å². The molecule has 2 aromatic carbocycles. The maximum absolute atomic E-state index is 12.6. The molecular weight excluding hydrogens is 368 g/mol. The molecule has 0 atom stereocenters. The maximum atomic E-state index is 12.6. The van der Waals surface area contributed by atoms with Crippen molar-refractivity contribution in [3.8, 4) is 0 Å². The number of carbonyl (C=O) groups excluding carboxylic acids is 1. The van der Waals surface area contributed by atoms with Crippen LogP contribution in [-0.4, -0.2) is 15.2 Å². The zero-order valence-corrected chi connectivity index (χ0v) is 14.4. The van der Waals surface area contributed by atoms with Crippen molar-refractivity contribution in [1.82, 2.24) is 0 Å². The summed E-state index contributed by atoms with van der Waals surface area (Å²) in [5, 5.41) is 11.4. The minimum Gasteiger partial charge on any atom is -0.268 e. The molecule has 1 heterocycles. The molecule has 0 saturated carbocycles. The monoisotopic (exact) mass is 376 g/mol. The van der Waals surface area contributed by atoms with Gasteiger partial charge < -0.3 is 0 Å². The molecule has 8 heteroatoms. The van der Waals surface area contributed by atoms with Gasteiger partial charge in [0, 0.05) is 17.2 Å². The number of benzene rings is 2. The molecule has 24 heavy (non-hydrogen) atoms. The van der Waals surface area contributed by atoms with Gasteiger partial charge in [-0.05, 0) is 23.8 Å². The van der Waals surface area contributed by atoms with Gasteiger partial charge in [-0.3, -0.25) is 19.8 Å². The summed E-state index contributed by atoms with van der Waals surface area (Å²) in [6.07, 6.45) is 1.67. The van der Waals surface area contributed by atoms with Crippen LogP contribution in [0, 0.1) is 10.1 Å². The van der Waals surface area contributed by atoms with Gasteiger partial charge in [0.05, 0.1) is 15.5 Å². The number of anilines is 1. The summed E-state index contributed by atoms with van der Waals surface area (Å²) >= 11 is 12.5. The van der Waals surface area contributed by atoms with E-state index in [0.717, 1.165) is 11.8 Å². The molecule has 0 bridgehead atoms. The van der Waals surface area contributed by atoms with Gasteiger partial charge in [-0.15, -0.1) is 0 Å². The van der Waals surface area contributed by atoms with Crippen molar-refractivity contribution in [2.75, 3.05) is 4.90 Å². The third-order valence-electron chi connectivity index (χ3n) is 3.28. The lowest BCUT2D eigenvalue weighted by atomic mass is 10.2. The first-order chi connectivity index (χ1) is 11.5. The average Bonchev–Trinajstić information content (AvgIpc) is 2.83. The zero-order valence-electron chi connectivity index (χ0n) is 12.0. The Hall–Kier alpha value is -2.22. The first kappa shape index (κ1) is 16.6. The number of non-ortho nitro benzene ring substituents is 1. The Morgan fingerprint density at radius 1 is 1.21 bits per heavy atom. The SMILES string of the molecule is O=C1/C(=C/c2ccccc2Cl)SC(=S)N1c1cccc([N+](=O)[O-])c1. The van der Waals surface area contributed by atoms with Crippen molar-refractivity contribution in [2.24, 2.45) is 0 Å². The molecule has 0 radical (unpaired) electrons. The molecule has 1 amide bonds. The zero-order chi connectivity index (χ0) is 17.3. The lowest BCUT2D eigenvalue weighted by Crippen LogP contribution is -2.27. The van der Waals surface area contributed by atoms with Crippen LogP contribution in [0.25, 0.3) is 6.08 Å².